The Morgan fingerprint density at radius 2 is 1.83 bits per heavy atom. The summed E-state index contributed by atoms with van der Waals surface area (Å²) in [6.07, 6.45) is 0. The lowest BCUT2D eigenvalue weighted by Gasteiger charge is -2.29. The van der Waals surface area contributed by atoms with Crippen molar-refractivity contribution in [3.05, 3.63) is 63.6 Å². The van der Waals surface area contributed by atoms with Crippen LogP contribution in [0.3, 0.4) is 0 Å². The predicted octanol–water partition coefficient (Wildman–Crippen LogP) is 4.87. The van der Waals surface area contributed by atoms with Gasteiger partial charge in [-0.1, -0.05) is 55.2 Å². The summed E-state index contributed by atoms with van der Waals surface area (Å²) >= 11 is 12.3. The Balaban J connectivity index is 2.18. The van der Waals surface area contributed by atoms with Gasteiger partial charge in [0.05, 0.1) is 0 Å². The van der Waals surface area contributed by atoms with Crippen molar-refractivity contribution < 1.29 is 14.3 Å². The summed E-state index contributed by atoms with van der Waals surface area (Å²) in [4.78, 5) is 27.1. The highest BCUT2D eigenvalue weighted by Crippen LogP contribution is 2.23. The van der Waals surface area contributed by atoms with Crippen LogP contribution in [-0.4, -0.2) is 35.9 Å². The monoisotopic (exact) mass is 450 g/mol. The van der Waals surface area contributed by atoms with Crippen molar-refractivity contribution in [2.24, 2.45) is 5.92 Å². The number of nitrogens with zero attached hydrogens (tertiary/aromatic N) is 1. The molecule has 0 heterocycles. The van der Waals surface area contributed by atoms with Crippen molar-refractivity contribution in [2.75, 3.05) is 13.2 Å². The standard InChI is InChI=1S/C23H28Cl2N2O3/c1-15(2)12-26-23(29)17(4)27(13-18-8-9-19(24)11-21(18)25)22(28)14-30-20-7-5-6-16(3)10-20/h5-11,15,17H,12-14H2,1-4H3,(H,26,29)/t17-/m1/s1. The van der Waals surface area contributed by atoms with Crippen molar-refractivity contribution in [2.45, 2.75) is 40.3 Å². The summed E-state index contributed by atoms with van der Waals surface area (Å²) in [5.41, 5.74) is 1.74. The zero-order chi connectivity index (χ0) is 22.3. The maximum Gasteiger partial charge on any atom is 0.261 e. The maximum absolute atomic E-state index is 13.0. The van der Waals surface area contributed by atoms with Gasteiger partial charge in [-0.3, -0.25) is 9.59 Å². The van der Waals surface area contributed by atoms with Crippen molar-refractivity contribution in [1.82, 2.24) is 10.2 Å². The Hall–Kier alpha value is -2.24. The van der Waals surface area contributed by atoms with Crippen LogP contribution in [0.15, 0.2) is 42.5 Å². The van der Waals surface area contributed by atoms with Crippen molar-refractivity contribution in [3.8, 4) is 5.75 Å². The molecule has 0 bridgehead atoms. The Kier molecular flexibility index (Phi) is 9.00. The molecule has 0 aromatic heterocycles. The van der Waals surface area contributed by atoms with E-state index in [1.54, 1.807) is 31.2 Å². The number of halogens is 2. The molecule has 0 fully saturated rings. The quantitative estimate of drug-likeness (QED) is 0.592. The van der Waals surface area contributed by atoms with E-state index >= 15 is 0 Å². The van der Waals surface area contributed by atoms with Gasteiger partial charge in [-0.25, -0.2) is 0 Å². The van der Waals surface area contributed by atoms with Crippen molar-refractivity contribution in [3.63, 3.8) is 0 Å². The third-order valence-electron chi connectivity index (χ3n) is 4.56. The number of benzene rings is 2. The lowest BCUT2D eigenvalue weighted by atomic mass is 10.1. The molecule has 162 valence electrons. The summed E-state index contributed by atoms with van der Waals surface area (Å²) in [6, 6.07) is 11.8. The van der Waals surface area contributed by atoms with E-state index in [1.807, 2.05) is 39.0 Å². The molecule has 2 aromatic rings. The lowest BCUT2D eigenvalue weighted by Crippen LogP contribution is -2.49. The second-order valence-corrected chi connectivity index (χ2v) is 8.52. The molecule has 0 aliphatic carbocycles. The van der Waals surface area contributed by atoms with E-state index in [0.717, 1.165) is 5.56 Å². The van der Waals surface area contributed by atoms with E-state index in [-0.39, 0.29) is 25.0 Å². The fourth-order valence-electron chi connectivity index (χ4n) is 2.80. The number of hydrogen-bond donors (Lipinski definition) is 1. The fraction of sp³-hybridized carbons (Fsp3) is 0.391. The minimum Gasteiger partial charge on any atom is -0.484 e. The summed E-state index contributed by atoms with van der Waals surface area (Å²) in [5, 5.41) is 3.83. The largest absolute Gasteiger partial charge is 0.484 e. The average Bonchev–Trinajstić information content (AvgIpc) is 2.69. The zero-order valence-electron chi connectivity index (χ0n) is 17.7. The smallest absolute Gasteiger partial charge is 0.261 e. The number of aryl methyl sites for hydroxylation is 1. The van der Waals surface area contributed by atoms with E-state index in [4.69, 9.17) is 27.9 Å². The fourth-order valence-corrected chi connectivity index (χ4v) is 3.27. The van der Waals surface area contributed by atoms with Gasteiger partial charge in [0.1, 0.15) is 11.8 Å². The molecular weight excluding hydrogens is 423 g/mol. The molecule has 2 amide bonds. The molecule has 1 atom stereocenters. The number of hydrogen-bond acceptors (Lipinski definition) is 3. The molecule has 30 heavy (non-hydrogen) atoms. The molecule has 2 aromatic carbocycles. The van der Waals surface area contributed by atoms with E-state index in [9.17, 15) is 9.59 Å². The molecule has 7 heteroatoms. The van der Waals surface area contributed by atoms with Crippen LogP contribution in [0.4, 0.5) is 0 Å². The molecule has 0 saturated heterocycles. The molecular formula is C23H28Cl2N2O3. The first kappa shape index (κ1) is 24.0. The molecule has 1 N–H and O–H groups in total. The third-order valence-corrected chi connectivity index (χ3v) is 5.15. The first-order chi connectivity index (χ1) is 14.2. The molecule has 2 rings (SSSR count). The molecule has 0 aliphatic rings. The van der Waals surface area contributed by atoms with E-state index in [2.05, 4.69) is 5.32 Å². The third kappa shape index (κ3) is 7.22. The van der Waals surface area contributed by atoms with E-state index < -0.39 is 6.04 Å². The van der Waals surface area contributed by atoms with Gasteiger partial charge in [0.2, 0.25) is 5.91 Å². The molecule has 0 saturated carbocycles. The molecule has 0 radical (unpaired) electrons. The Morgan fingerprint density at radius 3 is 2.47 bits per heavy atom. The second-order valence-electron chi connectivity index (χ2n) is 7.68. The Bertz CT molecular complexity index is 887. The zero-order valence-corrected chi connectivity index (χ0v) is 19.3. The van der Waals surface area contributed by atoms with Gasteiger partial charge >= 0.3 is 0 Å². The van der Waals surface area contributed by atoms with Crippen LogP contribution in [0.5, 0.6) is 5.75 Å². The average molecular weight is 451 g/mol. The van der Waals surface area contributed by atoms with Gasteiger partial charge in [-0.2, -0.15) is 0 Å². The van der Waals surface area contributed by atoms with Crippen LogP contribution < -0.4 is 10.1 Å². The van der Waals surface area contributed by atoms with Crippen LogP contribution in [0.25, 0.3) is 0 Å². The van der Waals surface area contributed by atoms with E-state index in [1.165, 1.54) is 4.90 Å². The maximum atomic E-state index is 13.0. The van der Waals surface area contributed by atoms with Crippen LogP contribution in [0.2, 0.25) is 10.0 Å². The number of ether oxygens (including phenoxy) is 1. The van der Waals surface area contributed by atoms with E-state index in [0.29, 0.717) is 33.8 Å². The van der Waals surface area contributed by atoms with Crippen LogP contribution >= 0.6 is 23.2 Å². The molecule has 0 unspecified atom stereocenters. The lowest BCUT2D eigenvalue weighted by molar-refractivity contribution is -0.142. The Labute approximate surface area is 188 Å². The summed E-state index contributed by atoms with van der Waals surface area (Å²) < 4.78 is 5.67. The molecule has 0 aliphatic heterocycles. The van der Waals surface area contributed by atoms with Gasteiger partial charge in [-0.05, 0) is 55.2 Å². The highest BCUT2D eigenvalue weighted by atomic mass is 35.5. The van der Waals surface area contributed by atoms with Crippen LogP contribution in [-0.2, 0) is 16.1 Å². The van der Waals surface area contributed by atoms with Gasteiger partial charge in [0.15, 0.2) is 6.61 Å². The summed E-state index contributed by atoms with van der Waals surface area (Å²) in [6.45, 7) is 8.19. The summed E-state index contributed by atoms with van der Waals surface area (Å²) in [7, 11) is 0. The highest BCUT2D eigenvalue weighted by Gasteiger charge is 2.27. The number of carbonyl (C=O) groups excluding carboxylic acids is 2. The number of amides is 2. The number of rotatable bonds is 9. The predicted molar refractivity (Wildman–Crippen MR) is 121 cm³/mol. The first-order valence-corrected chi connectivity index (χ1v) is 10.6. The topological polar surface area (TPSA) is 58.6 Å². The van der Waals surface area contributed by atoms with Gasteiger partial charge in [-0.15, -0.1) is 0 Å². The van der Waals surface area contributed by atoms with Crippen molar-refractivity contribution >= 4 is 35.0 Å². The van der Waals surface area contributed by atoms with Gasteiger partial charge < -0.3 is 15.0 Å². The number of carbonyl (C=O) groups is 2. The van der Waals surface area contributed by atoms with Crippen molar-refractivity contribution in [1.29, 1.82) is 0 Å². The minimum absolute atomic E-state index is 0.169. The molecule has 0 spiro atoms. The second kappa shape index (κ2) is 11.2. The van der Waals surface area contributed by atoms with Crippen LogP contribution in [0, 0.1) is 12.8 Å². The van der Waals surface area contributed by atoms with Gasteiger partial charge in [0.25, 0.3) is 5.91 Å². The normalized spacial score (nSPS) is 11.8. The minimum atomic E-state index is -0.691. The highest BCUT2D eigenvalue weighted by molar-refractivity contribution is 6.35. The number of nitrogens with one attached hydrogen (secondary N) is 1. The Morgan fingerprint density at radius 1 is 1.10 bits per heavy atom. The summed E-state index contributed by atoms with van der Waals surface area (Å²) in [5.74, 6) is 0.373. The first-order valence-electron chi connectivity index (χ1n) is 9.88. The van der Waals surface area contributed by atoms with Crippen LogP contribution in [0.1, 0.15) is 31.9 Å². The van der Waals surface area contributed by atoms with Gasteiger partial charge in [0, 0.05) is 23.1 Å². The SMILES string of the molecule is Cc1cccc(OCC(=O)N(Cc2ccc(Cl)cc2Cl)[C@H](C)C(=O)NCC(C)C)c1. The molecule has 5 nitrogen and oxygen atoms in total.